The van der Waals surface area contributed by atoms with Gasteiger partial charge in [0, 0.05) is 25.3 Å². The van der Waals surface area contributed by atoms with Crippen LogP contribution in [0, 0.1) is 0 Å². The van der Waals surface area contributed by atoms with Crippen molar-refractivity contribution in [3.63, 3.8) is 0 Å². The number of alkyl halides is 3. The van der Waals surface area contributed by atoms with Gasteiger partial charge in [-0.1, -0.05) is 0 Å². The smallest absolute Gasteiger partial charge is 0.324 e. The first kappa shape index (κ1) is 20.1. The molecule has 0 unspecified atom stereocenters. The van der Waals surface area contributed by atoms with Gasteiger partial charge in [0.15, 0.2) is 0 Å². The number of likely N-dealkylation sites (tertiary alicyclic amines) is 1. The minimum absolute atomic E-state index is 0.161. The number of urea groups is 1. The van der Waals surface area contributed by atoms with Crippen molar-refractivity contribution in [3.8, 4) is 0 Å². The van der Waals surface area contributed by atoms with Crippen LogP contribution >= 0.6 is 0 Å². The van der Waals surface area contributed by atoms with Crippen molar-refractivity contribution in [2.75, 3.05) is 38.0 Å². The van der Waals surface area contributed by atoms with Crippen LogP contribution in [0.2, 0.25) is 0 Å². The van der Waals surface area contributed by atoms with Crippen molar-refractivity contribution < 1.29 is 27.6 Å². The molecule has 28 heavy (non-hydrogen) atoms. The molecule has 1 aromatic rings. The lowest BCUT2D eigenvalue weighted by Gasteiger charge is -2.35. The number of aromatic nitrogens is 1. The van der Waals surface area contributed by atoms with Crippen molar-refractivity contribution in [2.45, 2.75) is 25.1 Å². The van der Waals surface area contributed by atoms with Gasteiger partial charge in [0.1, 0.15) is 13.1 Å². The Kier molecular flexibility index (Phi) is 5.82. The van der Waals surface area contributed by atoms with Crippen molar-refractivity contribution in [1.82, 2.24) is 19.7 Å². The Morgan fingerprint density at radius 3 is 2.57 bits per heavy atom. The van der Waals surface area contributed by atoms with E-state index in [1.165, 1.54) is 11.1 Å². The Labute approximate surface area is 159 Å². The highest BCUT2D eigenvalue weighted by molar-refractivity contribution is 6.02. The third kappa shape index (κ3) is 4.97. The van der Waals surface area contributed by atoms with Gasteiger partial charge >= 0.3 is 12.2 Å². The van der Waals surface area contributed by atoms with Crippen LogP contribution in [0.4, 0.5) is 23.7 Å². The standard InChI is InChI=1S/C17H20F3N5O3/c18-17(19,20)11-25-15(27)10-24(16(25)28)13-3-6-23(7-4-13)9-14(26)22-12-2-1-5-21-8-12/h1-2,5,8,13H,3-4,6-7,9-11H2,(H,22,26). The zero-order valence-corrected chi connectivity index (χ0v) is 15.0. The summed E-state index contributed by atoms with van der Waals surface area (Å²) in [7, 11) is 0. The second kappa shape index (κ2) is 8.13. The van der Waals surface area contributed by atoms with Crippen LogP contribution in [0.5, 0.6) is 0 Å². The molecule has 0 aliphatic carbocycles. The lowest BCUT2D eigenvalue weighted by Crippen LogP contribution is -2.48. The van der Waals surface area contributed by atoms with Gasteiger partial charge in [-0.15, -0.1) is 0 Å². The van der Waals surface area contributed by atoms with E-state index in [9.17, 15) is 27.6 Å². The molecule has 3 rings (SSSR count). The van der Waals surface area contributed by atoms with E-state index >= 15 is 0 Å². The molecular formula is C17H20F3N5O3. The second-order valence-electron chi connectivity index (χ2n) is 6.80. The molecule has 0 aromatic carbocycles. The predicted octanol–water partition coefficient (Wildman–Crippen LogP) is 1.31. The zero-order valence-electron chi connectivity index (χ0n) is 15.0. The molecule has 11 heteroatoms. The number of hydrogen-bond acceptors (Lipinski definition) is 5. The number of nitrogens with zero attached hydrogens (tertiary/aromatic N) is 4. The van der Waals surface area contributed by atoms with Crippen molar-refractivity contribution >= 4 is 23.5 Å². The Balaban J connectivity index is 1.48. The first-order valence-corrected chi connectivity index (χ1v) is 8.83. The number of nitrogens with one attached hydrogen (secondary N) is 1. The molecular weight excluding hydrogens is 379 g/mol. The van der Waals surface area contributed by atoms with Gasteiger partial charge in [-0.05, 0) is 25.0 Å². The highest BCUT2D eigenvalue weighted by atomic mass is 19.4. The average Bonchev–Trinajstić information content (AvgIpc) is 2.90. The molecule has 2 saturated heterocycles. The molecule has 4 amide bonds. The van der Waals surface area contributed by atoms with Gasteiger partial charge in [0.05, 0.1) is 18.4 Å². The maximum absolute atomic E-state index is 12.5. The molecule has 2 aliphatic heterocycles. The quantitative estimate of drug-likeness (QED) is 0.755. The first-order valence-electron chi connectivity index (χ1n) is 8.83. The average molecular weight is 399 g/mol. The van der Waals surface area contributed by atoms with Gasteiger partial charge in [-0.2, -0.15) is 13.2 Å². The van der Waals surface area contributed by atoms with Gasteiger partial charge < -0.3 is 10.2 Å². The van der Waals surface area contributed by atoms with E-state index in [2.05, 4.69) is 10.3 Å². The van der Waals surface area contributed by atoms with Gasteiger partial charge in [-0.3, -0.25) is 24.4 Å². The molecule has 152 valence electrons. The summed E-state index contributed by atoms with van der Waals surface area (Å²) in [5.74, 6) is -1.03. The normalized spacial score (nSPS) is 19.4. The van der Waals surface area contributed by atoms with Crippen LogP contribution in [0.1, 0.15) is 12.8 Å². The Bertz CT molecular complexity index is 735. The highest BCUT2D eigenvalue weighted by Gasteiger charge is 2.45. The summed E-state index contributed by atoms with van der Waals surface area (Å²) in [6, 6.07) is 2.22. The molecule has 0 radical (unpaired) electrons. The summed E-state index contributed by atoms with van der Waals surface area (Å²) in [5, 5.41) is 2.73. The van der Waals surface area contributed by atoms with Crippen LogP contribution in [0.15, 0.2) is 24.5 Å². The summed E-state index contributed by atoms with van der Waals surface area (Å²) in [5.41, 5.74) is 0.591. The summed E-state index contributed by atoms with van der Waals surface area (Å²) in [4.78, 5) is 43.4. The number of carbonyl (C=O) groups excluding carboxylic acids is 3. The minimum atomic E-state index is -4.62. The topological polar surface area (TPSA) is 85.9 Å². The molecule has 1 N–H and O–H groups in total. The molecule has 0 spiro atoms. The third-order valence-corrected chi connectivity index (χ3v) is 4.73. The molecule has 0 atom stereocenters. The highest BCUT2D eigenvalue weighted by Crippen LogP contribution is 2.25. The van der Waals surface area contributed by atoms with E-state index in [1.54, 1.807) is 18.3 Å². The molecule has 1 aromatic heterocycles. The summed E-state index contributed by atoms with van der Waals surface area (Å²) in [6.45, 7) is -0.727. The van der Waals surface area contributed by atoms with Crippen LogP contribution in [-0.4, -0.2) is 82.5 Å². The molecule has 0 bridgehead atoms. The number of hydrogen-bond donors (Lipinski definition) is 1. The predicted molar refractivity (Wildman–Crippen MR) is 92.2 cm³/mol. The van der Waals surface area contributed by atoms with Crippen molar-refractivity contribution in [2.24, 2.45) is 0 Å². The molecule has 0 saturated carbocycles. The van der Waals surface area contributed by atoms with Crippen LogP contribution < -0.4 is 5.32 Å². The van der Waals surface area contributed by atoms with Crippen molar-refractivity contribution in [1.29, 1.82) is 0 Å². The molecule has 2 fully saturated rings. The number of halogens is 3. The maximum atomic E-state index is 12.5. The van der Waals surface area contributed by atoms with Crippen molar-refractivity contribution in [3.05, 3.63) is 24.5 Å². The third-order valence-electron chi connectivity index (χ3n) is 4.73. The van der Waals surface area contributed by atoms with Crippen LogP contribution in [0.3, 0.4) is 0 Å². The fraction of sp³-hybridized carbons (Fsp3) is 0.529. The lowest BCUT2D eigenvalue weighted by atomic mass is 10.0. The number of imide groups is 1. The second-order valence-corrected chi connectivity index (χ2v) is 6.80. The fourth-order valence-corrected chi connectivity index (χ4v) is 3.41. The summed E-state index contributed by atoms with van der Waals surface area (Å²) >= 11 is 0. The molecule has 2 aliphatic rings. The summed E-state index contributed by atoms with van der Waals surface area (Å²) in [6.07, 6.45) is -0.516. The van der Waals surface area contributed by atoms with Gasteiger partial charge in [-0.25, -0.2) is 4.79 Å². The molecule has 3 heterocycles. The zero-order chi connectivity index (χ0) is 20.3. The number of piperidine rings is 1. The first-order chi connectivity index (χ1) is 13.2. The summed E-state index contributed by atoms with van der Waals surface area (Å²) < 4.78 is 37.6. The number of pyridine rings is 1. The molecule has 8 nitrogen and oxygen atoms in total. The van der Waals surface area contributed by atoms with Gasteiger partial charge in [0.25, 0.3) is 5.91 Å². The minimum Gasteiger partial charge on any atom is -0.324 e. The number of carbonyl (C=O) groups is 3. The van der Waals surface area contributed by atoms with E-state index in [-0.39, 0.29) is 29.9 Å². The number of anilines is 1. The Morgan fingerprint density at radius 2 is 1.96 bits per heavy atom. The van der Waals surface area contributed by atoms with E-state index in [4.69, 9.17) is 0 Å². The van der Waals surface area contributed by atoms with E-state index in [0.717, 1.165) is 0 Å². The SMILES string of the molecule is O=C(CN1CCC(N2CC(=O)N(CC(F)(F)F)C2=O)CC1)Nc1cccnc1. The van der Waals surface area contributed by atoms with Crippen LogP contribution in [0.25, 0.3) is 0 Å². The number of rotatable bonds is 5. The fourth-order valence-electron chi connectivity index (χ4n) is 3.41. The van der Waals surface area contributed by atoms with Crippen LogP contribution in [-0.2, 0) is 9.59 Å². The largest absolute Gasteiger partial charge is 0.406 e. The van der Waals surface area contributed by atoms with E-state index in [1.807, 2.05) is 4.90 Å². The monoisotopic (exact) mass is 399 g/mol. The van der Waals surface area contributed by atoms with E-state index in [0.29, 0.717) is 31.6 Å². The lowest BCUT2D eigenvalue weighted by molar-refractivity contribution is -0.151. The number of amides is 4. The maximum Gasteiger partial charge on any atom is 0.406 e. The Hall–Kier alpha value is -2.69. The van der Waals surface area contributed by atoms with E-state index < -0.39 is 24.7 Å². The van der Waals surface area contributed by atoms with Gasteiger partial charge in [0.2, 0.25) is 5.91 Å². The Morgan fingerprint density at radius 1 is 1.25 bits per heavy atom.